The van der Waals surface area contributed by atoms with E-state index >= 15 is 0 Å². The van der Waals surface area contributed by atoms with Crippen LogP contribution in [0.5, 0.6) is 11.6 Å². The molecular formula is C13H9BrClNO3. The van der Waals surface area contributed by atoms with Gasteiger partial charge in [-0.05, 0) is 46.6 Å². The molecule has 0 saturated heterocycles. The van der Waals surface area contributed by atoms with E-state index in [-0.39, 0.29) is 16.5 Å². The summed E-state index contributed by atoms with van der Waals surface area (Å²) in [5.41, 5.74) is 1.02. The van der Waals surface area contributed by atoms with Crippen LogP contribution in [0, 0.1) is 6.92 Å². The molecule has 1 heterocycles. The second-order valence-corrected chi connectivity index (χ2v) is 5.05. The van der Waals surface area contributed by atoms with E-state index in [4.69, 9.17) is 21.4 Å². The number of aromatic nitrogens is 1. The van der Waals surface area contributed by atoms with Gasteiger partial charge in [-0.25, -0.2) is 9.78 Å². The Bertz CT molecular complexity index is 646. The van der Waals surface area contributed by atoms with E-state index in [1.54, 1.807) is 6.07 Å². The van der Waals surface area contributed by atoms with E-state index in [2.05, 4.69) is 20.9 Å². The molecule has 2 rings (SSSR count). The SMILES string of the molecule is Cc1ccc(Oc2nccc(C(=O)O)c2Cl)c(Br)c1. The van der Waals surface area contributed by atoms with Crippen LogP contribution in [0.4, 0.5) is 0 Å². The van der Waals surface area contributed by atoms with E-state index in [1.807, 2.05) is 19.1 Å². The molecular weight excluding hydrogens is 334 g/mol. The summed E-state index contributed by atoms with van der Waals surface area (Å²) in [6, 6.07) is 6.83. The zero-order chi connectivity index (χ0) is 14.0. The minimum Gasteiger partial charge on any atom is -0.478 e. The highest BCUT2D eigenvalue weighted by atomic mass is 79.9. The first-order valence-corrected chi connectivity index (χ1v) is 6.48. The lowest BCUT2D eigenvalue weighted by Gasteiger charge is -2.09. The second-order valence-electron chi connectivity index (χ2n) is 3.82. The average Bonchev–Trinajstić information content (AvgIpc) is 2.34. The summed E-state index contributed by atoms with van der Waals surface area (Å²) >= 11 is 9.32. The predicted octanol–water partition coefficient (Wildman–Crippen LogP) is 4.30. The summed E-state index contributed by atoms with van der Waals surface area (Å²) in [4.78, 5) is 14.9. The van der Waals surface area contributed by atoms with Crippen LogP contribution in [0.3, 0.4) is 0 Å². The van der Waals surface area contributed by atoms with Gasteiger partial charge in [-0.1, -0.05) is 17.7 Å². The highest BCUT2D eigenvalue weighted by Gasteiger charge is 2.15. The second kappa shape index (κ2) is 5.59. The lowest BCUT2D eigenvalue weighted by Crippen LogP contribution is -2.00. The van der Waals surface area contributed by atoms with Gasteiger partial charge in [0.2, 0.25) is 5.88 Å². The smallest absolute Gasteiger partial charge is 0.337 e. The zero-order valence-electron chi connectivity index (χ0n) is 9.85. The van der Waals surface area contributed by atoms with Crippen molar-refractivity contribution < 1.29 is 14.6 Å². The van der Waals surface area contributed by atoms with Gasteiger partial charge in [-0.3, -0.25) is 0 Å². The quantitative estimate of drug-likeness (QED) is 0.903. The van der Waals surface area contributed by atoms with Crippen LogP contribution in [-0.2, 0) is 0 Å². The molecule has 98 valence electrons. The summed E-state index contributed by atoms with van der Waals surface area (Å²) in [7, 11) is 0. The maximum Gasteiger partial charge on any atom is 0.337 e. The topological polar surface area (TPSA) is 59.4 Å². The van der Waals surface area contributed by atoms with Gasteiger partial charge in [0, 0.05) is 6.20 Å². The van der Waals surface area contributed by atoms with Gasteiger partial charge in [0.05, 0.1) is 10.0 Å². The first-order valence-electron chi connectivity index (χ1n) is 5.31. The van der Waals surface area contributed by atoms with E-state index in [0.717, 1.165) is 10.0 Å². The molecule has 0 spiro atoms. The fourth-order valence-electron chi connectivity index (χ4n) is 1.45. The molecule has 0 aliphatic heterocycles. The molecule has 4 nitrogen and oxygen atoms in total. The lowest BCUT2D eigenvalue weighted by atomic mass is 10.2. The monoisotopic (exact) mass is 341 g/mol. The number of hydrogen-bond acceptors (Lipinski definition) is 3. The van der Waals surface area contributed by atoms with Crippen molar-refractivity contribution in [3.8, 4) is 11.6 Å². The van der Waals surface area contributed by atoms with Gasteiger partial charge in [0.1, 0.15) is 10.8 Å². The molecule has 6 heteroatoms. The van der Waals surface area contributed by atoms with Gasteiger partial charge in [0.15, 0.2) is 0 Å². The van der Waals surface area contributed by atoms with Crippen molar-refractivity contribution in [3.05, 3.63) is 51.1 Å². The predicted molar refractivity (Wildman–Crippen MR) is 75.2 cm³/mol. The van der Waals surface area contributed by atoms with Gasteiger partial charge in [0.25, 0.3) is 0 Å². The molecule has 0 saturated carbocycles. The van der Waals surface area contributed by atoms with Crippen molar-refractivity contribution in [1.82, 2.24) is 4.98 Å². The minimum atomic E-state index is -1.12. The Hall–Kier alpha value is -1.59. The van der Waals surface area contributed by atoms with E-state index in [1.165, 1.54) is 12.3 Å². The third-order valence-electron chi connectivity index (χ3n) is 2.38. The third kappa shape index (κ3) is 3.05. The average molecular weight is 343 g/mol. The van der Waals surface area contributed by atoms with Crippen LogP contribution in [-0.4, -0.2) is 16.1 Å². The van der Waals surface area contributed by atoms with Crippen molar-refractivity contribution in [3.63, 3.8) is 0 Å². The van der Waals surface area contributed by atoms with Crippen LogP contribution >= 0.6 is 27.5 Å². The normalized spacial score (nSPS) is 10.3. The van der Waals surface area contributed by atoms with E-state index in [0.29, 0.717) is 5.75 Å². The van der Waals surface area contributed by atoms with Crippen LogP contribution in [0.25, 0.3) is 0 Å². The summed E-state index contributed by atoms with van der Waals surface area (Å²) in [6.07, 6.45) is 1.34. The number of carboxylic acid groups (broad SMARTS) is 1. The molecule has 0 aliphatic rings. The molecule has 0 atom stereocenters. The Morgan fingerprint density at radius 1 is 1.42 bits per heavy atom. The van der Waals surface area contributed by atoms with Gasteiger partial charge < -0.3 is 9.84 Å². The maximum atomic E-state index is 11.0. The summed E-state index contributed by atoms with van der Waals surface area (Å²) in [6.45, 7) is 1.95. The summed E-state index contributed by atoms with van der Waals surface area (Å²) in [5.74, 6) is -0.547. The largest absolute Gasteiger partial charge is 0.478 e. The number of carboxylic acids is 1. The van der Waals surface area contributed by atoms with Crippen molar-refractivity contribution in [2.45, 2.75) is 6.92 Å². The molecule has 0 amide bonds. The molecule has 1 aromatic carbocycles. The number of pyridine rings is 1. The highest BCUT2D eigenvalue weighted by molar-refractivity contribution is 9.10. The van der Waals surface area contributed by atoms with Gasteiger partial charge >= 0.3 is 5.97 Å². The molecule has 0 unspecified atom stereocenters. The summed E-state index contributed by atoms with van der Waals surface area (Å²) < 4.78 is 6.27. The number of benzene rings is 1. The van der Waals surface area contributed by atoms with Crippen LogP contribution in [0.15, 0.2) is 34.9 Å². The van der Waals surface area contributed by atoms with Gasteiger partial charge in [-0.2, -0.15) is 0 Å². The highest BCUT2D eigenvalue weighted by Crippen LogP contribution is 2.34. The number of carbonyl (C=O) groups is 1. The molecule has 0 radical (unpaired) electrons. The molecule has 1 aromatic heterocycles. The number of ether oxygens (including phenoxy) is 1. The first kappa shape index (κ1) is 13.8. The fourth-order valence-corrected chi connectivity index (χ4v) is 2.26. The van der Waals surface area contributed by atoms with E-state index in [9.17, 15) is 4.79 Å². The Morgan fingerprint density at radius 2 is 2.16 bits per heavy atom. The fraction of sp³-hybridized carbons (Fsp3) is 0.0769. The van der Waals surface area contributed by atoms with Gasteiger partial charge in [-0.15, -0.1) is 0 Å². The van der Waals surface area contributed by atoms with Crippen molar-refractivity contribution in [2.24, 2.45) is 0 Å². The number of halogens is 2. The number of hydrogen-bond donors (Lipinski definition) is 1. The Labute approximate surface area is 123 Å². The number of aryl methyl sites for hydroxylation is 1. The Balaban J connectivity index is 2.38. The van der Waals surface area contributed by atoms with Crippen LogP contribution in [0.1, 0.15) is 15.9 Å². The molecule has 0 fully saturated rings. The van der Waals surface area contributed by atoms with Crippen molar-refractivity contribution >= 4 is 33.5 Å². The first-order chi connectivity index (χ1) is 8.99. The Kier molecular flexibility index (Phi) is 4.07. The molecule has 1 N–H and O–H groups in total. The van der Waals surface area contributed by atoms with E-state index < -0.39 is 5.97 Å². The van der Waals surface area contributed by atoms with Crippen LogP contribution in [0.2, 0.25) is 5.02 Å². The number of rotatable bonds is 3. The number of nitrogens with zero attached hydrogens (tertiary/aromatic N) is 1. The third-order valence-corrected chi connectivity index (χ3v) is 3.37. The summed E-state index contributed by atoms with van der Waals surface area (Å²) in [5, 5.41) is 8.94. The maximum absolute atomic E-state index is 11.0. The number of aromatic carboxylic acids is 1. The molecule has 0 bridgehead atoms. The molecule has 0 aliphatic carbocycles. The molecule has 2 aromatic rings. The lowest BCUT2D eigenvalue weighted by molar-refractivity contribution is 0.0696. The Morgan fingerprint density at radius 3 is 2.79 bits per heavy atom. The van der Waals surface area contributed by atoms with Crippen molar-refractivity contribution in [2.75, 3.05) is 0 Å². The zero-order valence-corrected chi connectivity index (χ0v) is 12.2. The van der Waals surface area contributed by atoms with Crippen LogP contribution < -0.4 is 4.74 Å². The minimum absolute atomic E-state index is 0.0255. The standard InChI is InChI=1S/C13H9BrClNO3/c1-7-2-3-10(9(14)6-7)19-12-11(15)8(13(17)18)4-5-16-12/h2-6H,1H3,(H,17,18). The molecule has 19 heavy (non-hydrogen) atoms. The van der Waals surface area contributed by atoms with Crippen molar-refractivity contribution in [1.29, 1.82) is 0 Å².